The van der Waals surface area contributed by atoms with Crippen LogP contribution in [-0.4, -0.2) is 11.8 Å². The predicted octanol–water partition coefficient (Wildman–Crippen LogP) is 3.04. The summed E-state index contributed by atoms with van der Waals surface area (Å²) in [6, 6.07) is 0. The normalized spacial score (nSPS) is 17.8. The third-order valence-electron chi connectivity index (χ3n) is 1.54. The maximum Gasteiger partial charge on any atom is 0.446 e. The van der Waals surface area contributed by atoms with E-state index in [4.69, 9.17) is 0 Å². The molecular weight excluding hydrogens is 201 g/mol. The molecule has 0 fully saturated rings. The number of thioether (sulfide) groups is 1. The number of rotatable bonds is 2. The third kappa shape index (κ3) is 3.67. The molecule has 0 spiro atoms. The largest absolute Gasteiger partial charge is 0.446 e. The Balaban J connectivity index is 2.60. The molecule has 5 heteroatoms. The highest BCUT2D eigenvalue weighted by molar-refractivity contribution is 8.03. The molecule has 0 aliphatic heterocycles. The van der Waals surface area contributed by atoms with E-state index in [1.165, 1.54) is 12.2 Å². The van der Waals surface area contributed by atoms with Gasteiger partial charge in [-0.2, -0.15) is 13.2 Å². The summed E-state index contributed by atoms with van der Waals surface area (Å²) in [6.07, 6.45) is 4.16. The summed E-state index contributed by atoms with van der Waals surface area (Å²) in [5, 5.41) is 0. The lowest BCUT2D eigenvalue weighted by Crippen LogP contribution is -2.02. The van der Waals surface area contributed by atoms with Gasteiger partial charge in [0, 0.05) is 0 Å². The highest BCUT2D eigenvalue weighted by Crippen LogP contribution is 2.39. The van der Waals surface area contributed by atoms with Crippen molar-refractivity contribution in [2.45, 2.75) is 18.3 Å². The van der Waals surface area contributed by atoms with Gasteiger partial charge in [-0.05, 0) is 35.1 Å². The zero-order valence-electron chi connectivity index (χ0n) is 6.60. The lowest BCUT2D eigenvalue weighted by molar-refractivity contribution is -0.105. The van der Waals surface area contributed by atoms with Gasteiger partial charge < -0.3 is 0 Å². The molecule has 0 unspecified atom stereocenters. The molecule has 1 aliphatic rings. The van der Waals surface area contributed by atoms with E-state index in [1.54, 1.807) is 0 Å². The van der Waals surface area contributed by atoms with Gasteiger partial charge in [0.2, 0.25) is 0 Å². The molecule has 0 amide bonds. The smallest absolute Gasteiger partial charge is 0.298 e. The van der Waals surface area contributed by atoms with Gasteiger partial charge in [-0.1, -0.05) is 12.2 Å². The number of aldehydes is 1. The molecule has 0 bridgehead atoms. The number of halogens is 3. The van der Waals surface area contributed by atoms with Crippen LogP contribution in [0.25, 0.3) is 0 Å². The number of allylic oxidation sites excluding steroid dienone is 4. The van der Waals surface area contributed by atoms with E-state index in [-0.39, 0.29) is 16.7 Å². The van der Waals surface area contributed by atoms with E-state index < -0.39 is 5.51 Å². The monoisotopic (exact) mass is 208 g/mol. The predicted molar refractivity (Wildman–Crippen MR) is 45.1 cm³/mol. The quantitative estimate of drug-likeness (QED) is 0.649. The zero-order valence-corrected chi connectivity index (χ0v) is 7.41. The molecule has 0 aromatic carbocycles. The topological polar surface area (TPSA) is 17.1 Å². The van der Waals surface area contributed by atoms with Crippen LogP contribution in [0.3, 0.4) is 0 Å². The summed E-state index contributed by atoms with van der Waals surface area (Å²) in [5.74, 6) is 0. The fourth-order valence-electron chi connectivity index (χ4n) is 0.966. The van der Waals surface area contributed by atoms with E-state index in [0.29, 0.717) is 24.7 Å². The lowest BCUT2D eigenvalue weighted by Gasteiger charge is -2.12. The first-order valence-electron chi connectivity index (χ1n) is 3.62. The molecule has 0 aromatic rings. The lowest BCUT2D eigenvalue weighted by atomic mass is 10.1. The van der Waals surface area contributed by atoms with E-state index >= 15 is 0 Å². The van der Waals surface area contributed by atoms with Gasteiger partial charge in [-0.15, -0.1) is 0 Å². The second kappa shape index (κ2) is 4.00. The third-order valence-corrected chi connectivity index (χ3v) is 2.38. The fourth-order valence-corrected chi connectivity index (χ4v) is 1.60. The van der Waals surface area contributed by atoms with Crippen LogP contribution in [0.1, 0.15) is 12.8 Å². The van der Waals surface area contributed by atoms with E-state index in [0.717, 1.165) is 0 Å². The Kier molecular flexibility index (Phi) is 3.19. The second-order valence-electron chi connectivity index (χ2n) is 2.54. The summed E-state index contributed by atoms with van der Waals surface area (Å²) in [4.78, 5) is 10.5. The Morgan fingerprint density at radius 2 is 2.00 bits per heavy atom. The maximum atomic E-state index is 11.9. The first kappa shape index (κ1) is 10.4. The average molecular weight is 208 g/mol. The van der Waals surface area contributed by atoms with Crippen LogP contribution in [-0.2, 0) is 4.79 Å². The number of carbonyl (C=O) groups excluding carboxylic acids is 1. The van der Waals surface area contributed by atoms with Gasteiger partial charge in [-0.3, -0.25) is 4.79 Å². The van der Waals surface area contributed by atoms with Gasteiger partial charge in [0.25, 0.3) is 0 Å². The molecule has 1 nitrogen and oxygen atoms in total. The van der Waals surface area contributed by atoms with Gasteiger partial charge in [-0.25, -0.2) is 0 Å². The van der Waals surface area contributed by atoms with Crippen molar-refractivity contribution in [2.24, 2.45) is 0 Å². The summed E-state index contributed by atoms with van der Waals surface area (Å²) < 4.78 is 35.6. The molecule has 72 valence electrons. The van der Waals surface area contributed by atoms with Crippen molar-refractivity contribution in [3.8, 4) is 0 Å². The van der Waals surface area contributed by atoms with Crippen molar-refractivity contribution in [3.05, 3.63) is 22.6 Å². The van der Waals surface area contributed by atoms with E-state index in [9.17, 15) is 18.0 Å². The molecule has 1 rings (SSSR count). The standard InChI is InChI=1S/C8H7F3OS/c9-8(10,11)13-7-3-1-6(5-12)2-4-7/h1,3,5H,2,4H2. The Labute approximate surface area is 77.7 Å². The second-order valence-corrected chi connectivity index (χ2v) is 3.73. The molecule has 0 radical (unpaired) electrons. The molecule has 0 saturated heterocycles. The van der Waals surface area contributed by atoms with Crippen LogP contribution >= 0.6 is 11.8 Å². The maximum absolute atomic E-state index is 11.9. The Bertz CT molecular complexity index is 265. The SMILES string of the molecule is O=CC1=CC=C(SC(F)(F)F)CC1. The van der Waals surface area contributed by atoms with Gasteiger partial charge in [0.15, 0.2) is 0 Å². The Hall–Kier alpha value is -0.710. The summed E-state index contributed by atoms with van der Waals surface area (Å²) in [5.41, 5.74) is -3.68. The van der Waals surface area contributed by atoms with Crippen molar-refractivity contribution >= 4 is 18.0 Å². The Morgan fingerprint density at radius 3 is 2.38 bits per heavy atom. The van der Waals surface area contributed by atoms with Crippen LogP contribution < -0.4 is 0 Å². The molecule has 13 heavy (non-hydrogen) atoms. The number of carbonyl (C=O) groups is 1. The van der Waals surface area contributed by atoms with E-state index in [1.807, 2.05) is 0 Å². The van der Waals surface area contributed by atoms with Crippen LogP contribution in [0.4, 0.5) is 13.2 Å². The fraction of sp³-hybridized carbons (Fsp3) is 0.375. The Morgan fingerprint density at radius 1 is 1.31 bits per heavy atom. The molecule has 0 heterocycles. The van der Waals surface area contributed by atoms with Crippen LogP contribution in [0.5, 0.6) is 0 Å². The minimum atomic E-state index is -4.22. The molecule has 0 atom stereocenters. The zero-order chi connectivity index (χ0) is 9.90. The minimum absolute atomic E-state index is 0.109. The van der Waals surface area contributed by atoms with Crippen LogP contribution in [0.15, 0.2) is 22.6 Å². The first-order valence-corrected chi connectivity index (χ1v) is 4.43. The number of hydrogen-bond donors (Lipinski definition) is 0. The average Bonchev–Trinajstić information content (AvgIpc) is 2.03. The minimum Gasteiger partial charge on any atom is -0.298 e. The van der Waals surface area contributed by atoms with Crippen LogP contribution in [0, 0.1) is 0 Å². The summed E-state index contributed by atoms with van der Waals surface area (Å²) >= 11 is -0.109. The molecule has 0 N–H and O–H groups in total. The molecular formula is C8H7F3OS. The van der Waals surface area contributed by atoms with E-state index in [2.05, 4.69) is 0 Å². The molecule has 1 aliphatic carbocycles. The number of hydrogen-bond acceptors (Lipinski definition) is 2. The number of alkyl halides is 3. The molecule has 0 saturated carbocycles. The van der Waals surface area contributed by atoms with Gasteiger partial charge in [0.1, 0.15) is 6.29 Å². The summed E-state index contributed by atoms with van der Waals surface area (Å²) in [6.45, 7) is 0. The highest BCUT2D eigenvalue weighted by Gasteiger charge is 2.30. The van der Waals surface area contributed by atoms with Crippen molar-refractivity contribution in [2.75, 3.05) is 0 Å². The van der Waals surface area contributed by atoms with Gasteiger partial charge >= 0.3 is 5.51 Å². The van der Waals surface area contributed by atoms with Crippen molar-refractivity contribution in [1.29, 1.82) is 0 Å². The summed E-state index contributed by atoms with van der Waals surface area (Å²) in [7, 11) is 0. The van der Waals surface area contributed by atoms with Crippen molar-refractivity contribution in [3.63, 3.8) is 0 Å². The van der Waals surface area contributed by atoms with Crippen molar-refractivity contribution < 1.29 is 18.0 Å². The molecule has 0 aromatic heterocycles. The highest BCUT2D eigenvalue weighted by atomic mass is 32.2. The van der Waals surface area contributed by atoms with Gasteiger partial charge in [0.05, 0.1) is 0 Å². The van der Waals surface area contributed by atoms with Crippen LogP contribution in [0.2, 0.25) is 0 Å². The first-order chi connectivity index (χ1) is 6.01. The van der Waals surface area contributed by atoms with Crippen molar-refractivity contribution in [1.82, 2.24) is 0 Å².